The molecule has 0 atom stereocenters. The van der Waals surface area contributed by atoms with Gasteiger partial charge >= 0.3 is 0 Å². The van der Waals surface area contributed by atoms with E-state index in [-0.39, 0.29) is 0 Å². The summed E-state index contributed by atoms with van der Waals surface area (Å²) >= 11 is 3.30. The van der Waals surface area contributed by atoms with E-state index in [0.29, 0.717) is 11.5 Å². The van der Waals surface area contributed by atoms with Crippen molar-refractivity contribution in [2.45, 2.75) is 30.6 Å². The van der Waals surface area contributed by atoms with Crippen LogP contribution in [0.25, 0.3) is 0 Å². The number of nitrogens with one attached hydrogen (secondary N) is 1. The topological polar surface area (TPSA) is 48.7 Å². The van der Waals surface area contributed by atoms with Crippen LogP contribution < -0.4 is 5.32 Å². The van der Waals surface area contributed by atoms with Crippen LogP contribution in [-0.4, -0.2) is 10.7 Å². The summed E-state index contributed by atoms with van der Waals surface area (Å²) in [7, 11) is 0. The first-order chi connectivity index (χ1) is 9.81. The SMILES string of the molecule is CCSc1cccc(Nc2nc(C3CC3)cs2)c1C#N. The highest BCUT2D eigenvalue weighted by Crippen LogP contribution is 2.41. The number of aromatic nitrogens is 1. The van der Waals surface area contributed by atoms with Crippen LogP contribution in [0, 0.1) is 11.3 Å². The summed E-state index contributed by atoms with van der Waals surface area (Å²) in [6.07, 6.45) is 2.52. The van der Waals surface area contributed by atoms with E-state index in [1.54, 1.807) is 23.1 Å². The van der Waals surface area contributed by atoms with Crippen LogP contribution in [0.4, 0.5) is 10.8 Å². The van der Waals surface area contributed by atoms with Crippen LogP contribution in [-0.2, 0) is 0 Å². The zero-order valence-electron chi connectivity index (χ0n) is 11.2. The molecule has 1 heterocycles. The lowest BCUT2D eigenvalue weighted by Crippen LogP contribution is -1.95. The van der Waals surface area contributed by atoms with Gasteiger partial charge in [0.25, 0.3) is 0 Å². The van der Waals surface area contributed by atoms with Crippen molar-refractivity contribution in [1.82, 2.24) is 4.98 Å². The van der Waals surface area contributed by atoms with E-state index in [1.807, 2.05) is 18.2 Å². The van der Waals surface area contributed by atoms with Crippen LogP contribution >= 0.6 is 23.1 Å². The van der Waals surface area contributed by atoms with E-state index in [1.165, 1.54) is 18.5 Å². The van der Waals surface area contributed by atoms with Crippen LogP contribution in [0.2, 0.25) is 0 Å². The predicted octanol–water partition coefficient (Wildman–Crippen LogP) is 4.75. The van der Waals surface area contributed by atoms with Gasteiger partial charge in [-0.3, -0.25) is 0 Å². The molecule has 1 aliphatic carbocycles. The second kappa shape index (κ2) is 5.86. The Morgan fingerprint density at radius 2 is 2.35 bits per heavy atom. The van der Waals surface area contributed by atoms with E-state index >= 15 is 0 Å². The van der Waals surface area contributed by atoms with Gasteiger partial charge in [-0.15, -0.1) is 23.1 Å². The van der Waals surface area contributed by atoms with Gasteiger partial charge in [0.15, 0.2) is 5.13 Å². The minimum atomic E-state index is 0.666. The Hall–Kier alpha value is -1.51. The lowest BCUT2D eigenvalue weighted by molar-refractivity contribution is 1.05. The van der Waals surface area contributed by atoms with Crippen molar-refractivity contribution in [2.75, 3.05) is 11.1 Å². The first-order valence-corrected chi connectivity index (χ1v) is 8.56. The largest absolute Gasteiger partial charge is 0.330 e. The standard InChI is InChI=1S/C15H15N3S2/c1-2-19-14-5-3-4-12(11(14)8-16)17-15-18-13(9-20-15)10-6-7-10/h3-5,9-10H,2,6-7H2,1H3,(H,17,18). The molecule has 0 spiro atoms. The zero-order valence-corrected chi connectivity index (χ0v) is 12.9. The van der Waals surface area contributed by atoms with Gasteiger partial charge in [-0.05, 0) is 30.7 Å². The first-order valence-electron chi connectivity index (χ1n) is 6.70. The van der Waals surface area contributed by atoms with Crippen molar-refractivity contribution in [3.05, 3.63) is 34.8 Å². The molecule has 1 aromatic carbocycles. The lowest BCUT2D eigenvalue weighted by Gasteiger charge is -2.08. The number of nitriles is 1. The minimum absolute atomic E-state index is 0.666. The van der Waals surface area contributed by atoms with Gasteiger partial charge in [0.05, 0.1) is 16.9 Å². The van der Waals surface area contributed by atoms with Gasteiger partial charge in [0, 0.05) is 16.2 Å². The summed E-state index contributed by atoms with van der Waals surface area (Å²) < 4.78 is 0. The Kier molecular flexibility index (Phi) is 3.95. The number of hydrogen-bond donors (Lipinski definition) is 1. The number of rotatable bonds is 5. The molecule has 5 heteroatoms. The highest BCUT2D eigenvalue weighted by atomic mass is 32.2. The predicted molar refractivity (Wildman–Crippen MR) is 84.9 cm³/mol. The van der Waals surface area contributed by atoms with E-state index in [9.17, 15) is 5.26 Å². The molecule has 0 aliphatic heterocycles. The molecule has 0 amide bonds. The third-order valence-electron chi connectivity index (χ3n) is 3.20. The van der Waals surface area contributed by atoms with Crippen LogP contribution in [0.3, 0.4) is 0 Å². The third-order valence-corrected chi connectivity index (χ3v) is 4.91. The van der Waals surface area contributed by atoms with Gasteiger partial charge in [0.2, 0.25) is 0 Å². The van der Waals surface area contributed by atoms with Crippen LogP contribution in [0.15, 0.2) is 28.5 Å². The van der Waals surface area contributed by atoms with Crippen molar-refractivity contribution in [3.63, 3.8) is 0 Å². The number of benzene rings is 1. The summed E-state index contributed by atoms with van der Waals surface area (Å²) in [5.74, 6) is 1.63. The van der Waals surface area contributed by atoms with Gasteiger partial charge in [-0.25, -0.2) is 4.98 Å². The molecule has 1 aliphatic rings. The summed E-state index contributed by atoms with van der Waals surface area (Å²) in [4.78, 5) is 5.64. The maximum absolute atomic E-state index is 9.39. The molecule has 0 bridgehead atoms. The molecule has 2 aromatic rings. The average Bonchev–Trinajstić information content (AvgIpc) is 3.20. The summed E-state index contributed by atoms with van der Waals surface area (Å²) in [5, 5.41) is 15.7. The Morgan fingerprint density at radius 1 is 1.50 bits per heavy atom. The highest BCUT2D eigenvalue weighted by Gasteiger charge is 2.26. The normalized spacial score (nSPS) is 14.0. The molecule has 0 unspecified atom stereocenters. The van der Waals surface area contributed by atoms with E-state index in [4.69, 9.17) is 0 Å². The summed E-state index contributed by atoms with van der Waals surface area (Å²) in [6, 6.07) is 8.22. The fourth-order valence-corrected chi connectivity index (χ4v) is 3.64. The van der Waals surface area contributed by atoms with Gasteiger partial charge in [0.1, 0.15) is 6.07 Å². The van der Waals surface area contributed by atoms with E-state index in [2.05, 4.69) is 28.7 Å². The van der Waals surface area contributed by atoms with Crippen molar-refractivity contribution in [2.24, 2.45) is 0 Å². The van der Waals surface area contributed by atoms with Crippen molar-refractivity contribution >= 4 is 33.9 Å². The molecule has 1 saturated carbocycles. The summed E-state index contributed by atoms with van der Waals surface area (Å²) in [6.45, 7) is 2.09. The quantitative estimate of drug-likeness (QED) is 0.810. The number of nitrogens with zero attached hydrogens (tertiary/aromatic N) is 2. The highest BCUT2D eigenvalue weighted by molar-refractivity contribution is 7.99. The molecular formula is C15H15N3S2. The zero-order chi connectivity index (χ0) is 13.9. The molecule has 0 saturated heterocycles. The molecule has 3 rings (SSSR count). The Morgan fingerprint density at radius 3 is 3.05 bits per heavy atom. The van der Waals surface area contributed by atoms with E-state index in [0.717, 1.165) is 21.5 Å². The molecule has 1 aromatic heterocycles. The Bertz CT molecular complexity index is 653. The molecular weight excluding hydrogens is 286 g/mol. The minimum Gasteiger partial charge on any atom is -0.330 e. The lowest BCUT2D eigenvalue weighted by atomic mass is 10.2. The molecule has 102 valence electrons. The number of hydrogen-bond acceptors (Lipinski definition) is 5. The number of anilines is 2. The Balaban J connectivity index is 1.85. The third kappa shape index (κ3) is 2.82. The van der Waals surface area contributed by atoms with Gasteiger partial charge < -0.3 is 5.32 Å². The average molecular weight is 301 g/mol. The van der Waals surface area contributed by atoms with Crippen molar-refractivity contribution in [1.29, 1.82) is 5.26 Å². The second-order valence-corrected chi connectivity index (χ2v) is 6.86. The Labute approximate surface area is 127 Å². The van der Waals surface area contributed by atoms with Gasteiger partial charge in [-0.2, -0.15) is 5.26 Å². The molecule has 3 nitrogen and oxygen atoms in total. The molecule has 1 fully saturated rings. The van der Waals surface area contributed by atoms with Gasteiger partial charge in [-0.1, -0.05) is 13.0 Å². The van der Waals surface area contributed by atoms with Crippen molar-refractivity contribution < 1.29 is 0 Å². The number of thiazole rings is 1. The maximum Gasteiger partial charge on any atom is 0.187 e. The molecule has 0 radical (unpaired) electrons. The fourth-order valence-electron chi connectivity index (χ4n) is 2.05. The monoisotopic (exact) mass is 301 g/mol. The van der Waals surface area contributed by atoms with Crippen LogP contribution in [0.5, 0.6) is 0 Å². The first kappa shape index (κ1) is 13.5. The summed E-state index contributed by atoms with van der Waals surface area (Å²) in [5.41, 5.74) is 2.75. The van der Waals surface area contributed by atoms with Crippen molar-refractivity contribution in [3.8, 4) is 6.07 Å². The molecule has 20 heavy (non-hydrogen) atoms. The second-order valence-electron chi connectivity index (χ2n) is 4.70. The van der Waals surface area contributed by atoms with Crippen LogP contribution in [0.1, 0.15) is 36.9 Å². The maximum atomic E-state index is 9.39. The smallest absolute Gasteiger partial charge is 0.187 e. The fraction of sp³-hybridized carbons (Fsp3) is 0.333. The number of thioether (sulfide) groups is 1. The molecule has 1 N–H and O–H groups in total. The van der Waals surface area contributed by atoms with E-state index < -0.39 is 0 Å².